The highest BCUT2D eigenvalue weighted by Gasteiger charge is 2.95. The van der Waals surface area contributed by atoms with E-state index in [0.717, 1.165) is 20.1 Å². The molecule has 1 aromatic heterocycles. The van der Waals surface area contributed by atoms with Gasteiger partial charge in [0.25, 0.3) is 0 Å². The van der Waals surface area contributed by atoms with Crippen molar-refractivity contribution in [2.24, 2.45) is 22.7 Å². The zero-order chi connectivity index (χ0) is 30.3. The number of hydrogen-bond donors (Lipinski definition) is 3. The van der Waals surface area contributed by atoms with Gasteiger partial charge in [0.15, 0.2) is 17.5 Å². The molecule has 10 atom stereocenters. The van der Waals surface area contributed by atoms with E-state index in [-0.39, 0.29) is 6.61 Å². The van der Waals surface area contributed by atoms with E-state index in [4.69, 9.17) is 23.7 Å². The highest BCUT2D eigenvalue weighted by Crippen LogP contribution is 2.78. The molecule has 3 N–H and O–H groups in total. The van der Waals surface area contributed by atoms with Gasteiger partial charge in [-0.05, 0) is 19.1 Å². The smallest absolute Gasteiger partial charge is 0.338 e. The van der Waals surface area contributed by atoms with Crippen molar-refractivity contribution in [3.05, 3.63) is 36.8 Å². The molecule has 4 aliphatic rings. The normalized spacial score (nSPS) is 44.4. The number of carbonyl (C=O) groups is 4. The molecule has 13 nitrogen and oxygen atoms in total. The molecule has 0 aromatic carbocycles. The first-order valence-electron chi connectivity index (χ1n) is 12.4. The Morgan fingerprint density at radius 3 is 2.17 bits per heavy atom. The number of hydrogen-bond acceptors (Lipinski definition) is 13. The van der Waals surface area contributed by atoms with E-state index in [1.165, 1.54) is 34.1 Å². The molecule has 0 radical (unpaired) electrons. The maximum atomic E-state index is 13.1. The number of aliphatic hydroxyl groups is 3. The fourth-order valence-electron chi connectivity index (χ4n) is 7.56. The summed E-state index contributed by atoms with van der Waals surface area (Å²) in [6.45, 7) is 5.87. The van der Waals surface area contributed by atoms with Gasteiger partial charge in [0, 0.05) is 31.6 Å². The summed E-state index contributed by atoms with van der Waals surface area (Å²) in [6, 6.07) is 3.67. The number of epoxide rings is 1. The topological polar surface area (TPSA) is 192 Å². The molecule has 13 heteroatoms. The summed E-state index contributed by atoms with van der Waals surface area (Å²) in [5.41, 5.74) is -7.59. The highest BCUT2D eigenvalue weighted by atomic mass is 16.7. The molecule has 2 aliphatic carbocycles. The number of Topliss-reactive ketones (excluding diaryl/α,β-unsaturated/α-hetero) is 1. The second-order valence-corrected chi connectivity index (χ2v) is 10.4. The summed E-state index contributed by atoms with van der Waals surface area (Å²) >= 11 is 0. The van der Waals surface area contributed by atoms with Gasteiger partial charge in [-0.1, -0.05) is 19.9 Å². The van der Waals surface area contributed by atoms with Gasteiger partial charge in [0.05, 0.1) is 49.8 Å². The van der Waals surface area contributed by atoms with Crippen molar-refractivity contribution in [2.45, 2.75) is 56.1 Å². The molecule has 1 aromatic rings. The summed E-state index contributed by atoms with van der Waals surface area (Å²) in [6.07, 6.45) is 2.05. The SMILES string of the molecule is C=O.COC(=O)/C=C\C1(C)C2[C@@H](OC)[C@@H](O)C3COC(=O)C4OC43[C@]2(C)[C@](O)(OC)[C@]1(O)C(C)=O.c1ccoc1. The molecule has 3 heterocycles. The lowest BCUT2D eigenvalue weighted by Crippen LogP contribution is -2.73. The van der Waals surface area contributed by atoms with Crippen LogP contribution in [0.1, 0.15) is 20.8 Å². The molecule has 2 saturated carbocycles. The van der Waals surface area contributed by atoms with Gasteiger partial charge < -0.3 is 48.2 Å². The van der Waals surface area contributed by atoms with Crippen molar-refractivity contribution in [3.8, 4) is 0 Å². The largest absolute Gasteiger partial charge is 0.473 e. The molecule has 222 valence electrons. The lowest BCUT2D eigenvalue weighted by atomic mass is 9.50. The third kappa shape index (κ3) is 3.68. The van der Waals surface area contributed by atoms with Crippen LogP contribution in [0.5, 0.6) is 0 Å². The van der Waals surface area contributed by atoms with Crippen LogP contribution >= 0.6 is 0 Å². The van der Waals surface area contributed by atoms with Crippen molar-refractivity contribution < 1.29 is 62.6 Å². The van der Waals surface area contributed by atoms with E-state index in [1.54, 1.807) is 12.5 Å². The van der Waals surface area contributed by atoms with Crippen LogP contribution in [0, 0.1) is 22.7 Å². The summed E-state index contributed by atoms with van der Waals surface area (Å²) in [7, 11) is 3.63. The average Bonchev–Trinajstić information content (AvgIpc) is 3.39. The third-order valence-corrected chi connectivity index (χ3v) is 9.22. The summed E-state index contributed by atoms with van der Waals surface area (Å²) in [5, 5.41) is 35.5. The van der Waals surface area contributed by atoms with E-state index in [1.807, 2.05) is 18.9 Å². The molecule has 0 bridgehead atoms. The molecular formula is C27H36O13. The van der Waals surface area contributed by atoms with E-state index in [0.29, 0.717) is 0 Å². The number of methoxy groups -OCH3 is 3. The van der Waals surface area contributed by atoms with Gasteiger partial charge in [-0.3, -0.25) is 4.79 Å². The van der Waals surface area contributed by atoms with Crippen LogP contribution in [0.3, 0.4) is 0 Å². The second kappa shape index (κ2) is 10.8. The van der Waals surface area contributed by atoms with E-state index >= 15 is 0 Å². The van der Waals surface area contributed by atoms with Crippen LogP contribution in [0.2, 0.25) is 0 Å². The Hall–Kier alpha value is -2.94. The van der Waals surface area contributed by atoms with Gasteiger partial charge in [-0.25, -0.2) is 9.59 Å². The molecule has 0 amide bonds. The van der Waals surface area contributed by atoms with Crippen molar-refractivity contribution in [1.82, 2.24) is 0 Å². The maximum Gasteiger partial charge on any atom is 0.338 e. The number of carbonyl (C=O) groups excluding carboxylic acids is 4. The minimum atomic E-state index is -2.64. The highest BCUT2D eigenvalue weighted by molar-refractivity contribution is 5.90. The van der Waals surface area contributed by atoms with Crippen LogP contribution in [0.4, 0.5) is 0 Å². The van der Waals surface area contributed by atoms with E-state index in [9.17, 15) is 29.7 Å². The fraction of sp³-hybridized carbons (Fsp3) is 0.630. The average molecular weight is 569 g/mol. The quantitative estimate of drug-likeness (QED) is 0.183. The lowest BCUT2D eigenvalue weighted by Gasteiger charge is -2.57. The summed E-state index contributed by atoms with van der Waals surface area (Å²) < 4.78 is 31.6. The molecule has 1 spiro atoms. The Balaban J connectivity index is 0.000000558. The number of ketones is 1. The van der Waals surface area contributed by atoms with Crippen LogP contribution in [-0.4, -0.2) is 103 Å². The van der Waals surface area contributed by atoms with Gasteiger partial charge in [-0.2, -0.15) is 0 Å². The third-order valence-electron chi connectivity index (χ3n) is 9.22. The first-order chi connectivity index (χ1) is 18.8. The first kappa shape index (κ1) is 31.6. The second-order valence-electron chi connectivity index (χ2n) is 10.4. The number of furan rings is 1. The predicted molar refractivity (Wildman–Crippen MR) is 133 cm³/mol. The minimum absolute atomic E-state index is 0.217. The summed E-state index contributed by atoms with van der Waals surface area (Å²) in [5.74, 6) is -6.83. The van der Waals surface area contributed by atoms with Crippen LogP contribution in [0.15, 0.2) is 41.2 Å². The Morgan fingerprint density at radius 2 is 1.73 bits per heavy atom. The van der Waals surface area contributed by atoms with Gasteiger partial charge in [0.1, 0.15) is 12.4 Å². The standard InChI is InChI=1S/C22H30O11.C4H4O.CH2O/c1-10(23)21(27)18(2,8-7-12(24)29-4)15-14(30-5)13(25)11-9-32-17(26)16-20(11,33-16)19(15,3)22(21,28)31-6;1-2-4-5-3-1;1-2/h7-8,11,13-16,25,27-28H,9H2,1-6H3;1-4H;1H2/b8-7-;;/t11?,13-,14-,15?,16?,18?,19+,20?,21-,22-;;/m0../s1. The molecular weight excluding hydrogens is 532 g/mol. The van der Waals surface area contributed by atoms with Gasteiger partial charge >= 0.3 is 11.9 Å². The zero-order valence-corrected chi connectivity index (χ0v) is 23.2. The number of rotatable bonds is 5. The Kier molecular flexibility index (Phi) is 8.53. The molecule has 40 heavy (non-hydrogen) atoms. The van der Waals surface area contributed by atoms with Crippen molar-refractivity contribution in [2.75, 3.05) is 27.9 Å². The minimum Gasteiger partial charge on any atom is -0.473 e. The van der Waals surface area contributed by atoms with E-state index < -0.39 is 75.7 Å². The zero-order valence-electron chi connectivity index (χ0n) is 23.2. The number of aliphatic hydroxyl groups excluding tert-OH is 1. The number of esters is 2. The van der Waals surface area contributed by atoms with E-state index in [2.05, 4.69) is 9.15 Å². The van der Waals surface area contributed by atoms with Crippen LogP contribution in [-0.2, 0) is 42.9 Å². The number of fused-ring (bicyclic) bond motifs is 1. The van der Waals surface area contributed by atoms with Crippen LogP contribution in [0.25, 0.3) is 0 Å². The van der Waals surface area contributed by atoms with Crippen molar-refractivity contribution in [1.29, 1.82) is 0 Å². The number of cyclic esters (lactones) is 1. The van der Waals surface area contributed by atoms with Gasteiger partial charge in [0.2, 0.25) is 5.79 Å². The Labute approximate surface area is 231 Å². The molecule has 4 fully saturated rings. The Morgan fingerprint density at radius 1 is 1.12 bits per heavy atom. The molecule has 2 saturated heterocycles. The Bertz CT molecular complexity index is 1120. The predicted octanol–water partition coefficient (Wildman–Crippen LogP) is -0.192. The molecule has 5 unspecified atom stereocenters. The number of ether oxygens (including phenoxy) is 5. The first-order valence-corrected chi connectivity index (χ1v) is 12.4. The monoisotopic (exact) mass is 568 g/mol. The fourth-order valence-corrected chi connectivity index (χ4v) is 7.56. The molecule has 2 aliphatic heterocycles. The van der Waals surface area contributed by atoms with Crippen LogP contribution < -0.4 is 0 Å². The van der Waals surface area contributed by atoms with Crippen molar-refractivity contribution >= 4 is 24.5 Å². The summed E-state index contributed by atoms with van der Waals surface area (Å²) in [4.78, 5) is 45.6. The molecule has 5 rings (SSSR count). The lowest BCUT2D eigenvalue weighted by molar-refractivity contribution is -0.340. The maximum absolute atomic E-state index is 13.1. The van der Waals surface area contributed by atoms with Gasteiger partial charge in [-0.15, -0.1) is 0 Å². The van der Waals surface area contributed by atoms with Crippen molar-refractivity contribution in [3.63, 3.8) is 0 Å².